The maximum Gasteiger partial charge on any atom is 0.0644 e. The third kappa shape index (κ3) is 2.86. The van der Waals surface area contributed by atoms with Gasteiger partial charge in [-0.1, -0.05) is 13.8 Å². The molecule has 3 unspecified atom stereocenters. The summed E-state index contributed by atoms with van der Waals surface area (Å²) in [6, 6.07) is 0.457. The molecular formula is C16H29N3. The molecule has 0 aromatic carbocycles. The Bertz CT molecular complexity index is 425. The van der Waals surface area contributed by atoms with Crippen molar-refractivity contribution in [2.75, 3.05) is 7.05 Å². The smallest absolute Gasteiger partial charge is 0.0644 e. The number of nitrogens with one attached hydrogen (secondary N) is 1. The molecule has 0 amide bonds. The van der Waals surface area contributed by atoms with E-state index in [0.717, 1.165) is 17.8 Å². The molecule has 19 heavy (non-hydrogen) atoms. The van der Waals surface area contributed by atoms with Crippen molar-refractivity contribution in [1.29, 1.82) is 0 Å². The summed E-state index contributed by atoms with van der Waals surface area (Å²) in [4.78, 5) is 0. The minimum Gasteiger partial charge on any atom is -0.313 e. The molecule has 1 aliphatic rings. The highest BCUT2D eigenvalue weighted by Crippen LogP contribution is 2.41. The van der Waals surface area contributed by atoms with Gasteiger partial charge in [0.25, 0.3) is 0 Å². The quantitative estimate of drug-likeness (QED) is 0.906. The molecule has 3 atom stereocenters. The molecule has 2 rings (SSSR count). The van der Waals surface area contributed by atoms with Crippen molar-refractivity contribution in [3.05, 3.63) is 17.0 Å². The van der Waals surface area contributed by atoms with Gasteiger partial charge in [-0.3, -0.25) is 4.68 Å². The van der Waals surface area contributed by atoms with Crippen molar-refractivity contribution in [3.63, 3.8) is 0 Å². The van der Waals surface area contributed by atoms with Crippen LogP contribution in [-0.2, 0) is 7.05 Å². The van der Waals surface area contributed by atoms with Crippen LogP contribution in [0.5, 0.6) is 0 Å². The summed E-state index contributed by atoms with van der Waals surface area (Å²) in [6.45, 7) is 9.13. The van der Waals surface area contributed by atoms with E-state index in [1.54, 1.807) is 0 Å². The van der Waals surface area contributed by atoms with Gasteiger partial charge in [0, 0.05) is 24.3 Å². The van der Waals surface area contributed by atoms with Crippen molar-refractivity contribution in [1.82, 2.24) is 15.1 Å². The van der Waals surface area contributed by atoms with E-state index in [9.17, 15) is 0 Å². The fourth-order valence-electron chi connectivity index (χ4n) is 4.14. The zero-order valence-corrected chi connectivity index (χ0v) is 13.3. The molecule has 0 saturated heterocycles. The Morgan fingerprint density at radius 3 is 2.16 bits per heavy atom. The molecule has 0 aliphatic heterocycles. The van der Waals surface area contributed by atoms with Crippen LogP contribution in [0, 0.1) is 31.6 Å². The Balaban J connectivity index is 2.29. The second kappa shape index (κ2) is 5.66. The minimum atomic E-state index is 0.457. The molecule has 1 N–H and O–H groups in total. The Hall–Kier alpha value is -0.830. The van der Waals surface area contributed by atoms with Crippen LogP contribution in [0.4, 0.5) is 0 Å². The van der Waals surface area contributed by atoms with E-state index in [1.165, 1.54) is 36.2 Å². The molecule has 0 bridgehead atoms. The third-order valence-corrected chi connectivity index (χ3v) is 4.87. The van der Waals surface area contributed by atoms with Crippen LogP contribution in [0.2, 0.25) is 0 Å². The van der Waals surface area contributed by atoms with E-state index >= 15 is 0 Å². The average molecular weight is 263 g/mol. The van der Waals surface area contributed by atoms with Gasteiger partial charge in [-0.05, 0) is 57.9 Å². The summed E-state index contributed by atoms with van der Waals surface area (Å²) in [5, 5.41) is 8.16. The average Bonchev–Trinajstić information content (AvgIpc) is 2.56. The number of aromatic nitrogens is 2. The number of hydrogen-bond acceptors (Lipinski definition) is 2. The monoisotopic (exact) mass is 263 g/mol. The minimum absolute atomic E-state index is 0.457. The molecule has 0 radical (unpaired) electrons. The molecule has 1 saturated carbocycles. The Kier molecular flexibility index (Phi) is 4.34. The fraction of sp³-hybridized carbons (Fsp3) is 0.812. The molecule has 3 nitrogen and oxygen atoms in total. The largest absolute Gasteiger partial charge is 0.313 e. The third-order valence-electron chi connectivity index (χ3n) is 4.87. The highest BCUT2D eigenvalue weighted by molar-refractivity contribution is 5.29. The van der Waals surface area contributed by atoms with Crippen LogP contribution in [-0.4, -0.2) is 16.8 Å². The molecular weight excluding hydrogens is 234 g/mol. The second-order valence-electron chi connectivity index (χ2n) is 6.65. The topological polar surface area (TPSA) is 29.9 Å². The highest BCUT2D eigenvalue weighted by Gasteiger charge is 2.32. The Labute approximate surface area is 117 Å². The lowest BCUT2D eigenvalue weighted by molar-refractivity contribution is 0.180. The molecule has 0 spiro atoms. The molecule has 1 heterocycles. The van der Waals surface area contributed by atoms with Crippen molar-refractivity contribution in [2.45, 2.75) is 53.0 Å². The Morgan fingerprint density at radius 1 is 1.16 bits per heavy atom. The van der Waals surface area contributed by atoms with Gasteiger partial charge in [0.15, 0.2) is 0 Å². The number of rotatable bonds is 3. The lowest BCUT2D eigenvalue weighted by Gasteiger charge is -2.36. The molecule has 1 aromatic heterocycles. The van der Waals surface area contributed by atoms with Gasteiger partial charge in [-0.2, -0.15) is 5.10 Å². The summed E-state index contributed by atoms with van der Waals surface area (Å²) in [6.07, 6.45) is 4.06. The second-order valence-corrected chi connectivity index (χ2v) is 6.65. The maximum absolute atomic E-state index is 4.59. The summed E-state index contributed by atoms with van der Waals surface area (Å²) in [5.41, 5.74) is 3.92. The maximum atomic E-state index is 4.59. The van der Waals surface area contributed by atoms with Gasteiger partial charge in [-0.15, -0.1) is 0 Å². The first kappa shape index (κ1) is 14.6. The van der Waals surface area contributed by atoms with Gasteiger partial charge in [-0.25, -0.2) is 0 Å². The van der Waals surface area contributed by atoms with E-state index in [4.69, 9.17) is 0 Å². The van der Waals surface area contributed by atoms with Crippen LogP contribution in [0.25, 0.3) is 0 Å². The van der Waals surface area contributed by atoms with E-state index in [0.29, 0.717) is 6.04 Å². The first-order valence-corrected chi connectivity index (χ1v) is 7.61. The van der Waals surface area contributed by atoms with E-state index in [2.05, 4.69) is 45.2 Å². The fourth-order valence-corrected chi connectivity index (χ4v) is 4.14. The normalized spacial score (nSPS) is 29.5. The zero-order chi connectivity index (χ0) is 14.2. The number of nitrogens with zero attached hydrogens (tertiary/aromatic N) is 2. The molecule has 1 aliphatic carbocycles. The van der Waals surface area contributed by atoms with E-state index in [1.807, 2.05) is 11.7 Å². The van der Waals surface area contributed by atoms with E-state index < -0.39 is 0 Å². The molecule has 3 heteroatoms. The summed E-state index contributed by atoms with van der Waals surface area (Å²) < 4.78 is 2.02. The predicted octanol–water partition coefficient (Wildman–Crippen LogP) is 3.37. The lowest BCUT2D eigenvalue weighted by Crippen LogP contribution is -2.32. The molecule has 1 aromatic rings. The standard InChI is InChI=1S/C16H29N3/c1-10-7-11(2)9-14(8-10)16(17-5)15-12(3)18-19(6)13(15)4/h10-11,14,16-17H,7-9H2,1-6H3. The van der Waals surface area contributed by atoms with Crippen LogP contribution in [0.3, 0.4) is 0 Å². The van der Waals surface area contributed by atoms with Crippen LogP contribution >= 0.6 is 0 Å². The van der Waals surface area contributed by atoms with Gasteiger partial charge >= 0.3 is 0 Å². The highest BCUT2D eigenvalue weighted by atomic mass is 15.3. The van der Waals surface area contributed by atoms with Crippen molar-refractivity contribution in [3.8, 4) is 0 Å². The lowest BCUT2D eigenvalue weighted by atomic mass is 9.72. The van der Waals surface area contributed by atoms with Crippen LogP contribution in [0.15, 0.2) is 0 Å². The SMILES string of the molecule is CNC(c1c(C)nn(C)c1C)C1CC(C)CC(C)C1. The van der Waals surface area contributed by atoms with Crippen LogP contribution < -0.4 is 5.32 Å². The Morgan fingerprint density at radius 2 is 1.74 bits per heavy atom. The molecule has 108 valence electrons. The van der Waals surface area contributed by atoms with Gasteiger partial charge < -0.3 is 5.32 Å². The predicted molar refractivity (Wildman–Crippen MR) is 80.2 cm³/mol. The van der Waals surface area contributed by atoms with Crippen molar-refractivity contribution in [2.24, 2.45) is 24.8 Å². The molecule has 1 fully saturated rings. The van der Waals surface area contributed by atoms with Crippen molar-refractivity contribution < 1.29 is 0 Å². The van der Waals surface area contributed by atoms with Gasteiger partial charge in [0.2, 0.25) is 0 Å². The zero-order valence-electron chi connectivity index (χ0n) is 13.3. The number of aryl methyl sites for hydroxylation is 2. The first-order chi connectivity index (χ1) is 8.93. The summed E-state index contributed by atoms with van der Waals surface area (Å²) >= 11 is 0. The van der Waals surface area contributed by atoms with Gasteiger partial charge in [0.05, 0.1) is 5.69 Å². The number of hydrogen-bond donors (Lipinski definition) is 1. The first-order valence-electron chi connectivity index (χ1n) is 7.61. The summed E-state index contributed by atoms with van der Waals surface area (Å²) in [7, 11) is 4.14. The summed E-state index contributed by atoms with van der Waals surface area (Å²) in [5.74, 6) is 2.44. The van der Waals surface area contributed by atoms with E-state index in [-0.39, 0.29) is 0 Å². The van der Waals surface area contributed by atoms with Crippen molar-refractivity contribution >= 4 is 0 Å². The van der Waals surface area contributed by atoms with Crippen LogP contribution in [0.1, 0.15) is 56.1 Å². The van der Waals surface area contributed by atoms with Gasteiger partial charge in [0.1, 0.15) is 0 Å².